The Labute approximate surface area is 134 Å². The van der Waals surface area contributed by atoms with Crippen LogP contribution in [0, 0.1) is 5.92 Å². The van der Waals surface area contributed by atoms with Crippen LogP contribution in [0.2, 0.25) is 5.28 Å². The third-order valence-electron chi connectivity index (χ3n) is 3.78. The highest BCUT2D eigenvalue weighted by Crippen LogP contribution is 2.23. The van der Waals surface area contributed by atoms with E-state index in [1.807, 2.05) is 11.8 Å². The molecule has 0 radical (unpaired) electrons. The minimum Gasteiger partial charge on any atom is -0.378 e. The Bertz CT molecular complexity index is 466. The molecule has 1 aromatic rings. The molecule has 3 heterocycles. The summed E-state index contributed by atoms with van der Waals surface area (Å²) in [6, 6.07) is 0. The smallest absolute Gasteiger partial charge is 0.231 e. The van der Waals surface area contributed by atoms with Crippen molar-refractivity contribution in [2.24, 2.45) is 5.92 Å². The summed E-state index contributed by atoms with van der Waals surface area (Å²) in [5.74, 6) is 4.43. The van der Waals surface area contributed by atoms with Crippen molar-refractivity contribution >= 4 is 35.3 Å². The average molecular weight is 330 g/mol. The van der Waals surface area contributed by atoms with Gasteiger partial charge in [-0.3, -0.25) is 0 Å². The number of rotatable bonds is 4. The third kappa shape index (κ3) is 4.34. The highest BCUT2D eigenvalue weighted by Gasteiger charge is 2.17. The molecule has 2 aliphatic heterocycles. The minimum atomic E-state index is 0.244. The van der Waals surface area contributed by atoms with Gasteiger partial charge in [-0.25, -0.2) is 0 Å². The number of ether oxygens (including phenoxy) is 1. The Morgan fingerprint density at radius 1 is 1.19 bits per heavy atom. The van der Waals surface area contributed by atoms with Gasteiger partial charge in [0, 0.05) is 19.6 Å². The topological polar surface area (TPSA) is 63.2 Å². The van der Waals surface area contributed by atoms with Gasteiger partial charge < -0.3 is 15.0 Å². The highest BCUT2D eigenvalue weighted by atomic mass is 35.5. The first-order chi connectivity index (χ1) is 10.3. The van der Waals surface area contributed by atoms with E-state index < -0.39 is 0 Å². The Hall–Kier alpha value is -0.790. The van der Waals surface area contributed by atoms with Crippen LogP contribution in [0.4, 0.5) is 11.9 Å². The van der Waals surface area contributed by atoms with Crippen molar-refractivity contribution in [2.75, 3.05) is 54.6 Å². The van der Waals surface area contributed by atoms with Crippen molar-refractivity contribution in [3.8, 4) is 0 Å². The van der Waals surface area contributed by atoms with Crippen molar-refractivity contribution in [3.63, 3.8) is 0 Å². The predicted octanol–water partition coefficient (Wildman–Crippen LogP) is 1.92. The van der Waals surface area contributed by atoms with Crippen molar-refractivity contribution in [2.45, 2.75) is 12.8 Å². The van der Waals surface area contributed by atoms with Gasteiger partial charge in [-0.1, -0.05) is 0 Å². The lowest BCUT2D eigenvalue weighted by Crippen LogP contribution is -2.37. The van der Waals surface area contributed by atoms with Crippen molar-refractivity contribution < 1.29 is 4.74 Å². The molecule has 0 atom stereocenters. The van der Waals surface area contributed by atoms with Crippen molar-refractivity contribution in [1.82, 2.24) is 15.0 Å². The normalized spacial score (nSPS) is 20.5. The summed E-state index contributed by atoms with van der Waals surface area (Å²) in [6.07, 6.45) is 2.51. The Morgan fingerprint density at radius 3 is 2.71 bits per heavy atom. The first kappa shape index (κ1) is 15.1. The van der Waals surface area contributed by atoms with Gasteiger partial charge in [0.05, 0.1) is 13.2 Å². The molecule has 1 aromatic heterocycles. The van der Waals surface area contributed by atoms with E-state index >= 15 is 0 Å². The zero-order chi connectivity index (χ0) is 14.5. The molecule has 2 aliphatic rings. The van der Waals surface area contributed by atoms with Crippen molar-refractivity contribution in [1.29, 1.82) is 0 Å². The van der Waals surface area contributed by atoms with E-state index in [-0.39, 0.29) is 5.28 Å². The zero-order valence-corrected chi connectivity index (χ0v) is 13.5. The van der Waals surface area contributed by atoms with Gasteiger partial charge in [-0.2, -0.15) is 26.7 Å². The summed E-state index contributed by atoms with van der Waals surface area (Å²) in [5, 5.41) is 3.56. The first-order valence-corrected chi connectivity index (χ1v) is 8.90. The molecular weight excluding hydrogens is 310 g/mol. The number of anilines is 2. The molecule has 6 nitrogen and oxygen atoms in total. The van der Waals surface area contributed by atoms with E-state index in [4.69, 9.17) is 16.3 Å². The molecule has 0 saturated carbocycles. The molecule has 116 valence electrons. The quantitative estimate of drug-likeness (QED) is 0.905. The summed E-state index contributed by atoms with van der Waals surface area (Å²) in [7, 11) is 0. The van der Waals surface area contributed by atoms with Crippen LogP contribution in [0.5, 0.6) is 0 Å². The number of hydrogen-bond acceptors (Lipinski definition) is 7. The van der Waals surface area contributed by atoms with Crippen molar-refractivity contribution in [3.05, 3.63) is 5.28 Å². The lowest BCUT2D eigenvalue weighted by Gasteiger charge is -2.27. The summed E-state index contributed by atoms with van der Waals surface area (Å²) in [4.78, 5) is 15.0. The molecule has 2 saturated heterocycles. The largest absolute Gasteiger partial charge is 0.378 e. The van der Waals surface area contributed by atoms with Gasteiger partial charge in [-0.05, 0) is 41.9 Å². The third-order valence-corrected chi connectivity index (χ3v) is 5.00. The number of halogens is 1. The Kier molecular flexibility index (Phi) is 5.38. The number of nitrogens with one attached hydrogen (secondary N) is 1. The van der Waals surface area contributed by atoms with E-state index in [0.29, 0.717) is 31.0 Å². The number of aromatic nitrogens is 3. The summed E-state index contributed by atoms with van der Waals surface area (Å²) in [6.45, 7) is 3.89. The lowest BCUT2D eigenvalue weighted by molar-refractivity contribution is 0.122. The minimum absolute atomic E-state index is 0.244. The van der Waals surface area contributed by atoms with E-state index in [0.717, 1.165) is 19.6 Å². The molecule has 3 rings (SSSR count). The number of hydrogen-bond donors (Lipinski definition) is 1. The SMILES string of the molecule is Clc1nc(NCC2CCSCC2)nc(N2CCOCC2)n1. The van der Waals surface area contributed by atoms with Gasteiger partial charge in [0.25, 0.3) is 0 Å². The second kappa shape index (κ2) is 7.47. The van der Waals surface area contributed by atoms with Crippen LogP contribution in [0.1, 0.15) is 12.8 Å². The fourth-order valence-electron chi connectivity index (χ4n) is 2.51. The van der Waals surface area contributed by atoms with E-state index in [9.17, 15) is 0 Å². The van der Waals surface area contributed by atoms with Crippen LogP contribution >= 0.6 is 23.4 Å². The maximum atomic E-state index is 6.03. The standard InChI is InChI=1S/C13H20ClN5OS/c14-11-16-12(15-9-10-1-7-21-8-2-10)18-13(17-11)19-3-5-20-6-4-19/h10H,1-9H2,(H,15,16,17,18). The number of morpholine rings is 1. The molecule has 1 N–H and O–H groups in total. The maximum Gasteiger partial charge on any atom is 0.231 e. The molecule has 8 heteroatoms. The Morgan fingerprint density at radius 2 is 1.95 bits per heavy atom. The maximum absolute atomic E-state index is 6.03. The second-order valence-corrected chi connectivity index (χ2v) is 6.83. The molecular formula is C13H20ClN5OS. The zero-order valence-electron chi connectivity index (χ0n) is 11.9. The highest BCUT2D eigenvalue weighted by molar-refractivity contribution is 7.99. The number of nitrogens with zero attached hydrogens (tertiary/aromatic N) is 4. The van der Waals surface area contributed by atoms with E-state index in [2.05, 4.69) is 25.2 Å². The second-order valence-electron chi connectivity index (χ2n) is 5.26. The molecule has 0 aromatic carbocycles. The van der Waals surface area contributed by atoms with Gasteiger partial charge in [-0.15, -0.1) is 0 Å². The van der Waals surface area contributed by atoms with Gasteiger partial charge in [0.2, 0.25) is 17.2 Å². The van der Waals surface area contributed by atoms with Crippen LogP contribution < -0.4 is 10.2 Å². The Balaban J connectivity index is 1.62. The van der Waals surface area contributed by atoms with E-state index in [1.165, 1.54) is 24.3 Å². The van der Waals surface area contributed by atoms with Gasteiger partial charge >= 0.3 is 0 Å². The first-order valence-electron chi connectivity index (χ1n) is 7.37. The molecule has 0 amide bonds. The summed E-state index contributed by atoms with van der Waals surface area (Å²) >= 11 is 8.06. The molecule has 0 spiro atoms. The molecule has 0 aliphatic carbocycles. The van der Waals surface area contributed by atoms with Crippen LogP contribution in [0.3, 0.4) is 0 Å². The van der Waals surface area contributed by atoms with Crippen LogP contribution in [0.25, 0.3) is 0 Å². The fraction of sp³-hybridized carbons (Fsp3) is 0.769. The van der Waals surface area contributed by atoms with Crippen LogP contribution in [-0.4, -0.2) is 59.3 Å². The predicted molar refractivity (Wildman–Crippen MR) is 86.4 cm³/mol. The molecule has 0 unspecified atom stereocenters. The van der Waals surface area contributed by atoms with Crippen LogP contribution in [0.15, 0.2) is 0 Å². The summed E-state index contributed by atoms with van der Waals surface area (Å²) in [5.41, 5.74) is 0. The summed E-state index contributed by atoms with van der Waals surface area (Å²) < 4.78 is 5.35. The van der Waals surface area contributed by atoms with Crippen LogP contribution in [-0.2, 0) is 4.74 Å². The van der Waals surface area contributed by atoms with E-state index in [1.54, 1.807) is 0 Å². The fourth-order valence-corrected chi connectivity index (χ4v) is 3.87. The molecule has 21 heavy (non-hydrogen) atoms. The molecule has 0 bridgehead atoms. The number of thioether (sulfide) groups is 1. The lowest BCUT2D eigenvalue weighted by atomic mass is 10.0. The van der Waals surface area contributed by atoms with Gasteiger partial charge in [0.1, 0.15) is 0 Å². The molecule has 2 fully saturated rings. The van der Waals surface area contributed by atoms with Gasteiger partial charge in [0.15, 0.2) is 0 Å². The average Bonchev–Trinajstić information content (AvgIpc) is 2.54. The monoisotopic (exact) mass is 329 g/mol.